The topological polar surface area (TPSA) is 120 Å². The Morgan fingerprint density at radius 1 is 0.844 bits per heavy atom. The summed E-state index contributed by atoms with van der Waals surface area (Å²) in [6.45, 7) is 4.77. The molecule has 2 aromatic rings. The van der Waals surface area contributed by atoms with E-state index < -0.39 is 0 Å². The lowest BCUT2D eigenvalue weighted by Crippen LogP contribution is -2.32. The molecular formula is C24H31N3O5. The van der Waals surface area contributed by atoms with Gasteiger partial charge in [0.1, 0.15) is 13.2 Å². The number of nitrogens with two attached hydrogens (primary N) is 1. The van der Waals surface area contributed by atoms with E-state index in [0.29, 0.717) is 24.3 Å². The highest BCUT2D eigenvalue weighted by molar-refractivity contribution is 5.97. The molecule has 2 rings (SSSR count). The van der Waals surface area contributed by atoms with E-state index in [2.05, 4.69) is 10.6 Å². The van der Waals surface area contributed by atoms with Crippen LogP contribution in [0.5, 0.6) is 0 Å². The SMILES string of the molecule is CC(C)C(=O)c1ccc(-c2ccc(NC(=O)COCCOCC(=O)NCCN)cc2)cc1. The minimum Gasteiger partial charge on any atom is -0.369 e. The molecule has 32 heavy (non-hydrogen) atoms. The van der Waals surface area contributed by atoms with E-state index in [0.717, 1.165) is 11.1 Å². The third-order valence-electron chi connectivity index (χ3n) is 4.50. The molecule has 0 spiro atoms. The number of ketones is 1. The fourth-order valence-corrected chi connectivity index (χ4v) is 2.81. The van der Waals surface area contributed by atoms with E-state index in [1.54, 1.807) is 0 Å². The van der Waals surface area contributed by atoms with Crippen molar-refractivity contribution in [3.8, 4) is 11.1 Å². The fourth-order valence-electron chi connectivity index (χ4n) is 2.81. The van der Waals surface area contributed by atoms with Gasteiger partial charge in [0.15, 0.2) is 5.78 Å². The van der Waals surface area contributed by atoms with Gasteiger partial charge in [0.25, 0.3) is 0 Å². The molecule has 0 aliphatic heterocycles. The Labute approximate surface area is 188 Å². The molecule has 4 N–H and O–H groups in total. The molecule has 0 aromatic heterocycles. The summed E-state index contributed by atoms with van der Waals surface area (Å²) >= 11 is 0. The van der Waals surface area contributed by atoms with Crippen molar-refractivity contribution in [3.63, 3.8) is 0 Å². The maximum absolute atomic E-state index is 12.1. The summed E-state index contributed by atoms with van der Waals surface area (Å²) in [5.74, 6) is -0.434. The largest absolute Gasteiger partial charge is 0.369 e. The third-order valence-corrected chi connectivity index (χ3v) is 4.50. The number of rotatable bonds is 13. The molecule has 0 saturated heterocycles. The lowest BCUT2D eigenvalue weighted by atomic mass is 9.98. The van der Waals surface area contributed by atoms with Gasteiger partial charge in [-0.05, 0) is 23.3 Å². The summed E-state index contributed by atoms with van der Waals surface area (Å²) in [7, 11) is 0. The Balaban J connectivity index is 1.71. The number of carbonyl (C=O) groups is 3. The van der Waals surface area contributed by atoms with Crippen molar-refractivity contribution in [1.29, 1.82) is 0 Å². The van der Waals surface area contributed by atoms with Gasteiger partial charge in [-0.2, -0.15) is 0 Å². The number of hydrogen-bond donors (Lipinski definition) is 3. The van der Waals surface area contributed by atoms with Crippen LogP contribution in [0.25, 0.3) is 11.1 Å². The molecule has 2 aromatic carbocycles. The van der Waals surface area contributed by atoms with Gasteiger partial charge in [0.2, 0.25) is 11.8 Å². The Kier molecular flexibility index (Phi) is 10.5. The minimum absolute atomic E-state index is 0.0341. The first kappa shape index (κ1) is 25.2. The van der Waals surface area contributed by atoms with E-state index in [4.69, 9.17) is 15.2 Å². The number of amides is 2. The van der Waals surface area contributed by atoms with Crippen molar-refractivity contribution >= 4 is 23.3 Å². The molecule has 2 amide bonds. The van der Waals surface area contributed by atoms with Crippen LogP contribution >= 0.6 is 0 Å². The first-order valence-corrected chi connectivity index (χ1v) is 10.6. The second kappa shape index (κ2) is 13.4. The molecule has 0 heterocycles. The Bertz CT molecular complexity index is 880. The maximum atomic E-state index is 12.1. The number of nitrogens with one attached hydrogen (secondary N) is 2. The van der Waals surface area contributed by atoms with Gasteiger partial charge in [-0.3, -0.25) is 14.4 Å². The van der Waals surface area contributed by atoms with Gasteiger partial charge in [-0.25, -0.2) is 0 Å². The Morgan fingerprint density at radius 2 is 1.38 bits per heavy atom. The number of benzene rings is 2. The molecule has 0 radical (unpaired) electrons. The number of carbonyl (C=O) groups excluding carboxylic acids is 3. The van der Waals surface area contributed by atoms with Gasteiger partial charge in [0, 0.05) is 30.3 Å². The summed E-state index contributed by atoms with van der Waals surface area (Å²) in [6.07, 6.45) is 0. The second-order valence-electron chi connectivity index (χ2n) is 7.47. The second-order valence-corrected chi connectivity index (χ2v) is 7.47. The lowest BCUT2D eigenvalue weighted by Gasteiger charge is -2.09. The van der Waals surface area contributed by atoms with Crippen LogP contribution in [0, 0.1) is 5.92 Å². The number of hydrogen-bond acceptors (Lipinski definition) is 6. The average molecular weight is 442 g/mol. The molecule has 8 heteroatoms. The zero-order valence-electron chi connectivity index (χ0n) is 18.6. The molecule has 0 fully saturated rings. The highest BCUT2D eigenvalue weighted by Gasteiger charge is 2.10. The third kappa shape index (κ3) is 8.58. The molecular weight excluding hydrogens is 410 g/mol. The zero-order valence-corrected chi connectivity index (χ0v) is 18.6. The molecule has 0 atom stereocenters. The van der Waals surface area contributed by atoms with E-state index in [1.165, 1.54) is 0 Å². The summed E-state index contributed by atoms with van der Waals surface area (Å²) in [6, 6.07) is 14.9. The predicted octanol–water partition coefficient (Wildman–Crippen LogP) is 2.24. The van der Waals surface area contributed by atoms with Crippen LogP contribution in [0.3, 0.4) is 0 Å². The van der Waals surface area contributed by atoms with Gasteiger partial charge < -0.3 is 25.8 Å². The summed E-state index contributed by atoms with van der Waals surface area (Å²) in [4.78, 5) is 35.4. The lowest BCUT2D eigenvalue weighted by molar-refractivity contribution is -0.127. The van der Waals surface area contributed by atoms with Crippen molar-refractivity contribution in [2.75, 3.05) is 44.8 Å². The van der Waals surface area contributed by atoms with Crippen LogP contribution in [0.2, 0.25) is 0 Å². The monoisotopic (exact) mass is 441 g/mol. The quantitative estimate of drug-likeness (QED) is 0.324. The molecule has 0 aliphatic carbocycles. The van der Waals surface area contributed by atoms with Gasteiger partial charge in [-0.1, -0.05) is 50.2 Å². The Morgan fingerprint density at radius 3 is 1.91 bits per heavy atom. The first-order chi connectivity index (χ1) is 15.4. The maximum Gasteiger partial charge on any atom is 0.250 e. The van der Waals surface area contributed by atoms with Crippen molar-refractivity contribution in [1.82, 2.24) is 5.32 Å². The van der Waals surface area contributed by atoms with E-state index in [-0.39, 0.29) is 49.9 Å². The summed E-state index contributed by atoms with van der Waals surface area (Å²) < 4.78 is 10.4. The minimum atomic E-state index is -0.282. The summed E-state index contributed by atoms with van der Waals surface area (Å²) in [5.41, 5.74) is 8.61. The number of ether oxygens (including phenoxy) is 2. The normalized spacial score (nSPS) is 10.8. The first-order valence-electron chi connectivity index (χ1n) is 10.6. The molecule has 0 saturated carbocycles. The van der Waals surface area contributed by atoms with Crippen LogP contribution in [0.4, 0.5) is 5.69 Å². The van der Waals surface area contributed by atoms with E-state index in [9.17, 15) is 14.4 Å². The van der Waals surface area contributed by atoms with Crippen LogP contribution in [0.15, 0.2) is 48.5 Å². The zero-order chi connectivity index (χ0) is 23.3. The number of Topliss-reactive ketones (excluding diaryl/α,β-unsaturated/α-hetero) is 1. The smallest absolute Gasteiger partial charge is 0.250 e. The fraction of sp³-hybridized carbons (Fsp3) is 0.375. The number of anilines is 1. The highest BCUT2D eigenvalue weighted by Crippen LogP contribution is 2.22. The van der Waals surface area contributed by atoms with E-state index in [1.807, 2.05) is 62.4 Å². The van der Waals surface area contributed by atoms with Crippen LogP contribution in [0.1, 0.15) is 24.2 Å². The van der Waals surface area contributed by atoms with Gasteiger partial charge >= 0.3 is 0 Å². The molecule has 8 nitrogen and oxygen atoms in total. The van der Waals surface area contributed by atoms with Crippen LogP contribution in [-0.2, 0) is 19.1 Å². The average Bonchev–Trinajstić information content (AvgIpc) is 2.80. The molecule has 0 unspecified atom stereocenters. The van der Waals surface area contributed by atoms with E-state index >= 15 is 0 Å². The van der Waals surface area contributed by atoms with Crippen molar-refractivity contribution in [2.24, 2.45) is 11.7 Å². The summed E-state index contributed by atoms with van der Waals surface area (Å²) in [5, 5.41) is 5.35. The van der Waals surface area contributed by atoms with Crippen molar-refractivity contribution in [2.45, 2.75) is 13.8 Å². The van der Waals surface area contributed by atoms with Crippen LogP contribution in [-0.4, -0.2) is 57.1 Å². The van der Waals surface area contributed by atoms with Crippen LogP contribution < -0.4 is 16.4 Å². The highest BCUT2D eigenvalue weighted by atomic mass is 16.5. The Hall–Kier alpha value is -3.07. The van der Waals surface area contributed by atoms with Crippen molar-refractivity contribution < 1.29 is 23.9 Å². The molecule has 0 bridgehead atoms. The van der Waals surface area contributed by atoms with Gasteiger partial charge in [-0.15, -0.1) is 0 Å². The van der Waals surface area contributed by atoms with Gasteiger partial charge in [0.05, 0.1) is 13.2 Å². The molecule has 172 valence electrons. The van der Waals surface area contributed by atoms with Crippen molar-refractivity contribution in [3.05, 3.63) is 54.1 Å². The molecule has 0 aliphatic rings. The standard InChI is InChI=1S/C24H31N3O5/c1-17(2)24(30)20-5-3-18(4-6-20)19-7-9-21(10-8-19)27-23(29)16-32-14-13-31-15-22(28)26-12-11-25/h3-10,17H,11-16,25H2,1-2H3,(H,26,28)(H,27,29). The predicted molar refractivity (Wildman–Crippen MR) is 123 cm³/mol.